The molecule has 0 radical (unpaired) electrons. The van der Waals surface area contributed by atoms with Crippen LogP contribution in [0.25, 0.3) is 0 Å². The minimum Gasteiger partial charge on any atom is -0.347 e. The van der Waals surface area contributed by atoms with E-state index < -0.39 is 11.7 Å². The van der Waals surface area contributed by atoms with Gasteiger partial charge in [0.25, 0.3) is 5.91 Å². The lowest BCUT2D eigenvalue weighted by atomic mass is 9.90. The predicted octanol–water partition coefficient (Wildman–Crippen LogP) is 2.77. The Kier molecular flexibility index (Phi) is 5.59. The molecule has 3 nitrogen and oxygen atoms in total. The van der Waals surface area contributed by atoms with Crippen molar-refractivity contribution in [3.8, 4) is 0 Å². The van der Waals surface area contributed by atoms with Crippen LogP contribution in [-0.4, -0.2) is 24.5 Å². The second kappa shape index (κ2) is 6.55. The van der Waals surface area contributed by atoms with Crippen LogP contribution in [0.15, 0.2) is 18.2 Å². The Morgan fingerprint density at radius 2 is 2.05 bits per heavy atom. The Morgan fingerprint density at radius 1 is 1.42 bits per heavy atom. The van der Waals surface area contributed by atoms with Gasteiger partial charge in [0.05, 0.1) is 10.6 Å². The molecule has 0 spiro atoms. The fourth-order valence-corrected chi connectivity index (χ4v) is 2.30. The molecule has 0 unspecified atom stereocenters. The predicted molar refractivity (Wildman–Crippen MR) is 76.6 cm³/mol. The summed E-state index contributed by atoms with van der Waals surface area (Å²) in [5.74, 6) is -1.06. The average Bonchev–Trinajstić information content (AvgIpc) is 2.33. The molecule has 1 saturated heterocycles. The van der Waals surface area contributed by atoms with E-state index in [1.54, 1.807) is 6.07 Å². The summed E-state index contributed by atoms with van der Waals surface area (Å²) in [7, 11) is 0. The van der Waals surface area contributed by atoms with Gasteiger partial charge >= 0.3 is 0 Å². The monoisotopic (exact) mass is 306 g/mol. The molecule has 2 rings (SSSR count). The van der Waals surface area contributed by atoms with Gasteiger partial charge in [-0.3, -0.25) is 4.79 Å². The molecule has 0 bridgehead atoms. The lowest BCUT2D eigenvalue weighted by Gasteiger charge is -2.35. The standard InChI is InChI=1S/C13H16ClFN2O.ClH/c1-13(5-7-16-8-6-13)17-12(18)9-3-2-4-10(14)11(9)15;/h2-4,16H,5-8H2,1H3,(H,17,18);1H. The van der Waals surface area contributed by atoms with Gasteiger partial charge in [-0.25, -0.2) is 4.39 Å². The molecule has 1 aliphatic rings. The summed E-state index contributed by atoms with van der Waals surface area (Å²) in [4.78, 5) is 12.1. The van der Waals surface area contributed by atoms with Gasteiger partial charge in [0, 0.05) is 5.54 Å². The normalized spacial score (nSPS) is 17.4. The SMILES string of the molecule is CC1(NC(=O)c2cccc(Cl)c2F)CCNCC1.Cl. The number of rotatable bonds is 2. The first kappa shape index (κ1) is 16.2. The second-order valence-electron chi connectivity index (χ2n) is 4.87. The second-order valence-corrected chi connectivity index (χ2v) is 5.27. The maximum atomic E-state index is 13.7. The van der Waals surface area contributed by atoms with Gasteiger partial charge in [-0.2, -0.15) is 0 Å². The highest BCUT2D eigenvalue weighted by Crippen LogP contribution is 2.21. The Morgan fingerprint density at radius 3 is 2.68 bits per heavy atom. The Bertz CT molecular complexity index is 462. The highest BCUT2D eigenvalue weighted by molar-refractivity contribution is 6.31. The summed E-state index contributed by atoms with van der Waals surface area (Å²) in [6.45, 7) is 3.69. The summed E-state index contributed by atoms with van der Waals surface area (Å²) in [5, 5.41) is 6.10. The zero-order valence-corrected chi connectivity index (χ0v) is 12.2. The van der Waals surface area contributed by atoms with E-state index in [0.29, 0.717) is 0 Å². The first-order chi connectivity index (χ1) is 8.52. The largest absolute Gasteiger partial charge is 0.347 e. The van der Waals surface area contributed by atoms with Crippen molar-refractivity contribution in [2.75, 3.05) is 13.1 Å². The molecule has 0 atom stereocenters. The minimum atomic E-state index is -0.658. The summed E-state index contributed by atoms with van der Waals surface area (Å²) in [6.07, 6.45) is 1.67. The Hall–Kier alpha value is -0.840. The van der Waals surface area contributed by atoms with Crippen molar-refractivity contribution >= 4 is 29.9 Å². The van der Waals surface area contributed by atoms with Gasteiger partial charge in [0.1, 0.15) is 0 Å². The number of halogens is 3. The molecule has 1 aromatic carbocycles. The lowest BCUT2D eigenvalue weighted by Crippen LogP contribution is -2.52. The highest BCUT2D eigenvalue weighted by Gasteiger charge is 2.29. The number of carbonyl (C=O) groups excluding carboxylic acids is 1. The number of hydrogen-bond acceptors (Lipinski definition) is 2. The molecule has 0 aliphatic carbocycles. The lowest BCUT2D eigenvalue weighted by molar-refractivity contribution is 0.0883. The molecule has 1 heterocycles. The van der Waals surface area contributed by atoms with E-state index in [1.165, 1.54) is 12.1 Å². The molecule has 0 aromatic heterocycles. The van der Waals surface area contributed by atoms with Crippen LogP contribution in [0.3, 0.4) is 0 Å². The van der Waals surface area contributed by atoms with Crippen LogP contribution in [0.1, 0.15) is 30.1 Å². The van der Waals surface area contributed by atoms with Crippen LogP contribution in [0.2, 0.25) is 5.02 Å². The maximum absolute atomic E-state index is 13.7. The zero-order chi connectivity index (χ0) is 13.2. The molecule has 1 amide bonds. The quantitative estimate of drug-likeness (QED) is 0.882. The first-order valence-electron chi connectivity index (χ1n) is 5.99. The molecule has 6 heteroatoms. The summed E-state index contributed by atoms with van der Waals surface area (Å²) < 4.78 is 13.7. The third-order valence-corrected chi connectivity index (χ3v) is 3.61. The van der Waals surface area contributed by atoms with Crippen molar-refractivity contribution in [1.29, 1.82) is 0 Å². The number of nitrogens with one attached hydrogen (secondary N) is 2. The zero-order valence-electron chi connectivity index (χ0n) is 10.6. The molecular weight excluding hydrogens is 290 g/mol. The van der Waals surface area contributed by atoms with Crippen LogP contribution < -0.4 is 10.6 Å². The van der Waals surface area contributed by atoms with Crippen LogP contribution in [0, 0.1) is 5.82 Å². The van der Waals surface area contributed by atoms with E-state index in [0.717, 1.165) is 25.9 Å². The van der Waals surface area contributed by atoms with Crippen molar-refractivity contribution in [3.05, 3.63) is 34.6 Å². The van der Waals surface area contributed by atoms with Crippen molar-refractivity contribution in [2.45, 2.75) is 25.3 Å². The minimum absolute atomic E-state index is 0. The topological polar surface area (TPSA) is 41.1 Å². The van der Waals surface area contributed by atoms with E-state index in [9.17, 15) is 9.18 Å². The molecule has 1 aromatic rings. The number of carbonyl (C=O) groups is 1. The number of benzene rings is 1. The number of hydrogen-bond donors (Lipinski definition) is 2. The Balaban J connectivity index is 0.00000180. The third-order valence-electron chi connectivity index (χ3n) is 3.32. The van der Waals surface area contributed by atoms with Crippen molar-refractivity contribution in [2.24, 2.45) is 0 Å². The molecule has 1 aliphatic heterocycles. The fraction of sp³-hybridized carbons (Fsp3) is 0.462. The van der Waals surface area contributed by atoms with E-state index in [4.69, 9.17) is 11.6 Å². The smallest absolute Gasteiger partial charge is 0.254 e. The van der Waals surface area contributed by atoms with Gasteiger partial charge in [-0.15, -0.1) is 12.4 Å². The van der Waals surface area contributed by atoms with Crippen LogP contribution in [-0.2, 0) is 0 Å². The van der Waals surface area contributed by atoms with Gasteiger partial charge in [0.15, 0.2) is 5.82 Å². The summed E-state index contributed by atoms with van der Waals surface area (Å²) in [6, 6.07) is 4.45. The van der Waals surface area contributed by atoms with E-state index >= 15 is 0 Å². The molecular formula is C13H17Cl2FN2O. The highest BCUT2D eigenvalue weighted by atomic mass is 35.5. The van der Waals surface area contributed by atoms with Crippen LogP contribution in [0.5, 0.6) is 0 Å². The van der Waals surface area contributed by atoms with Gasteiger partial charge in [-0.05, 0) is 45.0 Å². The van der Waals surface area contributed by atoms with Crippen molar-refractivity contribution < 1.29 is 9.18 Å². The Labute approximate surface area is 123 Å². The molecule has 0 saturated carbocycles. The molecule has 2 N–H and O–H groups in total. The summed E-state index contributed by atoms with van der Waals surface area (Å²) in [5.41, 5.74) is -0.279. The van der Waals surface area contributed by atoms with E-state index in [-0.39, 0.29) is 28.5 Å². The number of amides is 1. The maximum Gasteiger partial charge on any atom is 0.254 e. The van der Waals surface area contributed by atoms with Gasteiger partial charge in [0.2, 0.25) is 0 Å². The average molecular weight is 307 g/mol. The first-order valence-corrected chi connectivity index (χ1v) is 6.37. The molecule has 19 heavy (non-hydrogen) atoms. The van der Waals surface area contributed by atoms with Gasteiger partial charge in [-0.1, -0.05) is 17.7 Å². The summed E-state index contributed by atoms with van der Waals surface area (Å²) >= 11 is 5.67. The fourth-order valence-electron chi connectivity index (χ4n) is 2.12. The molecule has 106 valence electrons. The van der Waals surface area contributed by atoms with Crippen LogP contribution in [0.4, 0.5) is 4.39 Å². The molecule has 1 fully saturated rings. The van der Waals surface area contributed by atoms with Crippen molar-refractivity contribution in [3.63, 3.8) is 0 Å². The number of piperidine rings is 1. The van der Waals surface area contributed by atoms with E-state index in [1.807, 2.05) is 6.92 Å². The third kappa shape index (κ3) is 3.81. The van der Waals surface area contributed by atoms with E-state index in [2.05, 4.69) is 10.6 Å². The van der Waals surface area contributed by atoms with Gasteiger partial charge < -0.3 is 10.6 Å². The van der Waals surface area contributed by atoms with Crippen LogP contribution >= 0.6 is 24.0 Å². The van der Waals surface area contributed by atoms with Crippen molar-refractivity contribution in [1.82, 2.24) is 10.6 Å².